The second-order valence-corrected chi connectivity index (χ2v) is 5.93. The van der Waals surface area contributed by atoms with Crippen LogP contribution in [0.3, 0.4) is 0 Å². The molecule has 6 nitrogen and oxygen atoms in total. The predicted octanol–water partition coefficient (Wildman–Crippen LogP) is 3.34. The van der Waals surface area contributed by atoms with Crippen LogP contribution in [0.2, 0.25) is 0 Å². The molecule has 0 fully saturated rings. The van der Waals surface area contributed by atoms with Gasteiger partial charge in [-0.3, -0.25) is 4.79 Å². The van der Waals surface area contributed by atoms with Gasteiger partial charge in [0.1, 0.15) is 11.6 Å². The number of nitriles is 1. The Morgan fingerprint density at radius 3 is 2.37 bits per heavy atom. The molecule has 0 heterocycles. The zero-order valence-electron chi connectivity index (χ0n) is 15.2. The predicted molar refractivity (Wildman–Crippen MR) is 96.6 cm³/mol. The molecule has 1 N–H and O–H groups in total. The average molecular weight is 370 g/mol. The summed E-state index contributed by atoms with van der Waals surface area (Å²) in [6, 6.07) is 12.5. The molecule has 0 aliphatic carbocycles. The number of aryl methyl sites for hydroxylation is 1. The van der Waals surface area contributed by atoms with Crippen LogP contribution in [-0.2, 0) is 14.3 Å². The number of carbonyl (C=O) groups is 2. The van der Waals surface area contributed by atoms with Gasteiger partial charge in [0.2, 0.25) is 0 Å². The van der Waals surface area contributed by atoms with E-state index in [-0.39, 0.29) is 5.69 Å². The highest BCUT2D eigenvalue weighted by atomic mass is 19.1. The summed E-state index contributed by atoms with van der Waals surface area (Å²) in [4.78, 5) is 24.2. The molecular weight excluding hydrogens is 351 g/mol. The first-order valence-corrected chi connectivity index (χ1v) is 8.24. The minimum absolute atomic E-state index is 0.271. The number of hydrogen-bond acceptors (Lipinski definition) is 5. The van der Waals surface area contributed by atoms with Gasteiger partial charge in [0, 0.05) is 5.69 Å². The van der Waals surface area contributed by atoms with Crippen LogP contribution in [0.15, 0.2) is 42.5 Å². The number of ether oxygens (including phenoxy) is 2. The molecule has 1 amide bonds. The van der Waals surface area contributed by atoms with Gasteiger partial charge in [0.25, 0.3) is 5.91 Å². The topological polar surface area (TPSA) is 88.4 Å². The molecule has 0 radical (unpaired) electrons. The summed E-state index contributed by atoms with van der Waals surface area (Å²) in [5.41, 5.74) is 1.20. The molecule has 0 spiro atoms. The number of anilines is 1. The molecule has 2 atom stereocenters. The van der Waals surface area contributed by atoms with E-state index in [1.807, 2.05) is 6.07 Å². The molecule has 7 heteroatoms. The zero-order chi connectivity index (χ0) is 20.0. The average Bonchev–Trinajstić information content (AvgIpc) is 2.65. The number of esters is 1. The number of nitrogens with one attached hydrogen (secondary N) is 1. The number of halogens is 1. The minimum Gasteiger partial charge on any atom is -0.479 e. The Balaban J connectivity index is 1.89. The molecule has 0 aliphatic rings. The maximum atomic E-state index is 13.5. The van der Waals surface area contributed by atoms with Crippen molar-refractivity contribution in [3.63, 3.8) is 0 Å². The lowest BCUT2D eigenvalue weighted by molar-refractivity contribution is -0.159. The molecule has 0 saturated heterocycles. The van der Waals surface area contributed by atoms with Gasteiger partial charge in [0.15, 0.2) is 12.2 Å². The van der Waals surface area contributed by atoms with Gasteiger partial charge in [0.05, 0.1) is 11.6 Å². The fraction of sp³-hybridized carbons (Fsp3) is 0.250. The monoisotopic (exact) mass is 370 g/mol. The Bertz CT molecular complexity index is 875. The lowest BCUT2D eigenvalue weighted by atomic mass is 10.2. The molecule has 2 aromatic carbocycles. The van der Waals surface area contributed by atoms with Crippen LogP contribution >= 0.6 is 0 Å². The maximum absolute atomic E-state index is 13.5. The summed E-state index contributed by atoms with van der Waals surface area (Å²) in [6.45, 7) is 4.51. The molecule has 0 bridgehead atoms. The van der Waals surface area contributed by atoms with Crippen LogP contribution in [0.25, 0.3) is 0 Å². The fourth-order valence-corrected chi connectivity index (χ4v) is 2.10. The third-order valence-corrected chi connectivity index (χ3v) is 3.73. The van der Waals surface area contributed by atoms with E-state index in [2.05, 4.69) is 5.32 Å². The summed E-state index contributed by atoms with van der Waals surface area (Å²) >= 11 is 0. The van der Waals surface area contributed by atoms with Crippen LogP contribution in [-0.4, -0.2) is 24.1 Å². The molecule has 0 unspecified atom stereocenters. The van der Waals surface area contributed by atoms with Crippen molar-refractivity contribution in [3.05, 3.63) is 59.4 Å². The van der Waals surface area contributed by atoms with Crippen molar-refractivity contribution in [2.75, 3.05) is 5.32 Å². The van der Waals surface area contributed by atoms with Crippen molar-refractivity contribution < 1.29 is 23.5 Å². The summed E-state index contributed by atoms with van der Waals surface area (Å²) in [6.07, 6.45) is -2.04. The largest absolute Gasteiger partial charge is 0.479 e. The molecule has 0 aromatic heterocycles. The molecular formula is C20H19FN2O4. The first kappa shape index (κ1) is 19.9. The van der Waals surface area contributed by atoms with Gasteiger partial charge in [-0.15, -0.1) is 0 Å². The van der Waals surface area contributed by atoms with Crippen LogP contribution in [0.4, 0.5) is 10.1 Å². The Kier molecular flexibility index (Phi) is 6.50. The highest BCUT2D eigenvalue weighted by Gasteiger charge is 2.23. The van der Waals surface area contributed by atoms with Crippen molar-refractivity contribution in [1.82, 2.24) is 0 Å². The second-order valence-electron chi connectivity index (χ2n) is 5.93. The van der Waals surface area contributed by atoms with Crippen LogP contribution in [0, 0.1) is 24.1 Å². The lowest BCUT2D eigenvalue weighted by Crippen LogP contribution is -2.35. The quantitative estimate of drug-likeness (QED) is 0.788. The normalized spacial score (nSPS) is 12.4. The van der Waals surface area contributed by atoms with Crippen molar-refractivity contribution >= 4 is 17.6 Å². The Morgan fingerprint density at radius 1 is 1.11 bits per heavy atom. The minimum atomic E-state index is -1.09. The zero-order valence-corrected chi connectivity index (χ0v) is 15.2. The van der Waals surface area contributed by atoms with Gasteiger partial charge < -0.3 is 14.8 Å². The standard InChI is InChI=1S/C20H19FN2O4/c1-12-4-7-16(10-18(12)21)23-19(24)13(2)27-20(25)14(3)26-17-8-5-15(11-22)6-9-17/h4-10,13-14H,1-3H3,(H,23,24)/t13-,14+/m1/s1. The van der Waals surface area contributed by atoms with E-state index in [0.29, 0.717) is 16.9 Å². The van der Waals surface area contributed by atoms with Gasteiger partial charge in [-0.05, 0) is 62.7 Å². The van der Waals surface area contributed by atoms with E-state index in [9.17, 15) is 14.0 Å². The van der Waals surface area contributed by atoms with Crippen molar-refractivity contribution in [1.29, 1.82) is 5.26 Å². The van der Waals surface area contributed by atoms with E-state index in [1.54, 1.807) is 37.3 Å². The molecule has 27 heavy (non-hydrogen) atoms. The third-order valence-electron chi connectivity index (χ3n) is 3.73. The maximum Gasteiger partial charge on any atom is 0.347 e. The lowest BCUT2D eigenvalue weighted by Gasteiger charge is -2.18. The number of rotatable bonds is 6. The van der Waals surface area contributed by atoms with Crippen molar-refractivity contribution in [3.8, 4) is 11.8 Å². The van der Waals surface area contributed by atoms with Gasteiger partial charge in [-0.1, -0.05) is 6.07 Å². The van der Waals surface area contributed by atoms with E-state index >= 15 is 0 Å². The fourth-order valence-electron chi connectivity index (χ4n) is 2.10. The Hall–Kier alpha value is -3.40. The van der Waals surface area contributed by atoms with Gasteiger partial charge >= 0.3 is 5.97 Å². The molecule has 2 aromatic rings. The Morgan fingerprint density at radius 2 is 1.78 bits per heavy atom. The number of carbonyl (C=O) groups excluding carboxylic acids is 2. The third kappa shape index (κ3) is 5.54. The summed E-state index contributed by atoms with van der Waals surface area (Å²) in [5.74, 6) is -1.36. The first-order valence-electron chi connectivity index (χ1n) is 8.24. The molecule has 2 rings (SSSR count). The number of amides is 1. The van der Waals surface area contributed by atoms with E-state index in [0.717, 1.165) is 0 Å². The van der Waals surface area contributed by atoms with Crippen LogP contribution < -0.4 is 10.1 Å². The SMILES string of the molecule is Cc1ccc(NC(=O)[C@@H](C)OC(=O)[C@H](C)Oc2ccc(C#N)cc2)cc1F. The van der Waals surface area contributed by atoms with Gasteiger partial charge in [-0.25, -0.2) is 9.18 Å². The van der Waals surface area contributed by atoms with Gasteiger partial charge in [-0.2, -0.15) is 5.26 Å². The summed E-state index contributed by atoms with van der Waals surface area (Å²) in [7, 11) is 0. The second kappa shape index (κ2) is 8.81. The number of nitrogens with zero attached hydrogens (tertiary/aromatic N) is 1. The van der Waals surface area contributed by atoms with Crippen molar-refractivity contribution in [2.45, 2.75) is 33.0 Å². The molecule has 140 valence electrons. The highest BCUT2D eigenvalue weighted by molar-refractivity contribution is 5.95. The van der Waals surface area contributed by atoms with E-state index < -0.39 is 29.9 Å². The van der Waals surface area contributed by atoms with E-state index in [4.69, 9.17) is 14.7 Å². The highest BCUT2D eigenvalue weighted by Crippen LogP contribution is 2.16. The summed E-state index contributed by atoms with van der Waals surface area (Å²) < 4.78 is 24.1. The Labute approximate surface area is 156 Å². The molecule has 0 saturated carbocycles. The van der Waals surface area contributed by atoms with Crippen LogP contribution in [0.1, 0.15) is 25.0 Å². The first-order chi connectivity index (χ1) is 12.8. The number of hydrogen-bond donors (Lipinski definition) is 1. The van der Waals surface area contributed by atoms with Crippen LogP contribution in [0.5, 0.6) is 5.75 Å². The van der Waals surface area contributed by atoms with Crippen molar-refractivity contribution in [2.24, 2.45) is 0 Å². The summed E-state index contributed by atoms with van der Waals surface area (Å²) in [5, 5.41) is 11.2. The number of benzene rings is 2. The van der Waals surface area contributed by atoms with E-state index in [1.165, 1.54) is 26.0 Å². The molecule has 0 aliphatic heterocycles. The smallest absolute Gasteiger partial charge is 0.347 e.